The van der Waals surface area contributed by atoms with Gasteiger partial charge in [0.2, 0.25) is 0 Å². The average molecular weight is 538 g/mol. The number of nitrogens with one attached hydrogen (secondary N) is 1. The van der Waals surface area contributed by atoms with Crippen LogP contribution in [0.15, 0.2) is 76.3 Å². The van der Waals surface area contributed by atoms with Crippen LogP contribution in [0.4, 0.5) is 0 Å². The molecular weight excluding hydrogens is 517 g/mol. The second kappa shape index (κ2) is 9.21. The van der Waals surface area contributed by atoms with E-state index in [0.29, 0.717) is 23.0 Å². The molecule has 37 heavy (non-hydrogen) atoms. The molecule has 5 rings (SSSR count). The standard InChI is InChI=1S/C27H21Cl2N3O5/c1-31-21-9-4-3-6-17(21)24(34)32(26(31)36)16-12-10-15(11-13-16)18-14-27(18,25(35)37-2)30-23(33)22-19(28)7-5-8-20(22)29/h3-13,18H,14H2,1-2H3,(H,30,33). The van der Waals surface area contributed by atoms with Gasteiger partial charge in [-0.15, -0.1) is 0 Å². The number of aryl methyl sites for hydroxylation is 1. The molecule has 0 radical (unpaired) electrons. The fourth-order valence-corrected chi connectivity index (χ4v) is 5.30. The summed E-state index contributed by atoms with van der Waals surface area (Å²) in [6.07, 6.45) is 0.296. The van der Waals surface area contributed by atoms with Crippen molar-refractivity contribution in [2.45, 2.75) is 17.9 Å². The fraction of sp³-hybridized carbons (Fsp3) is 0.185. The highest BCUT2D eigenvalue weighted by Gasteiger charge is 2.63. The van der Waals surface area contributed by atoms with Gasteiger partial charge in [0.1, 0.15) is 5.54 Å². The van der Waals surface area contributed by atoms with Crippen molar-refractivity contribution in [1.82, 2.24) is 14.5 Å². The molecule has 1 N–H and O–H groups in total. The van der Waals surface area contributed by atoms with E-state index in [4.69, 9.17) is 27.9 Å². The Labute approximate surface area is 221 Å². The molecule has 1 fully saturated rings. The number of fused-ring (bicyclic) bond motifs is 1. The predicted octanol–water partition coefficient (Wildman–Crippen LogP) is 3.83. The molecule has 1 heterocycles. The van der Waals surface area contributed by atoms with Crippen molar-refractivity contribution in [1.29, 1.82) is 0 Å². The van der Waals surface area contributed by atoms with E-state index in [1.54, 1.807) is 61.6 Å². The molecule has 3 aromatic carbocycles. The molecule has 1 aromatic heterocycles. The van der Waals surface area contributed by atoms with Crippen LogP contribution >= 0.6 is 23.2 Å². The Kier molecular flexibility index (Phi) is 6.17. The highest BCUT2D eigenvalue weighted by molar-refractivity contribution is 6.39. The number of para-hydroxylation sites is 1. The fourth-order valence-electron chi connectivity index (χ4n) is 4.73. The first kappa shape index (κ1) is 24.8. The minimum atomic E-state index is -1.30. The van der Waals surface area contributed by atoms with Crippen LogP contribution < -0.4 is 16.6 Å². The quantitative estimate of drug-likeness (QED) is 0.390. The number of aromatic nitrogens is 2. The lowest BCUT2D eigenvalue weighted by Crippen LogP contribution is -2.45. The molecular formula is C27H21Cl2N3O5. The topological polar surface area (TPSA) is 99.4 Å². The Morgan fingerprint density at radius 2 is 1.62 bits per heavy atom. The van der Waals surface area contributed by atoms with Gasteiger partial charge in [0.15, 0.2) is 0 Å². The highest BCUT2D eigenvalue weighted by Crippen LogP contribution is 2.52. The zero-order chi connectivity index (χ0) is 26.5. The lowest BCUT2D eigenvalue weighted by atomic mass is 10.0. The summed E-state index contributed by atoms with van der Waals surface area (Å²) in [4.78, 5) is 51.9. The number of hydrogen-bond acceptors (Lipinski definition) is 5. The Morgan fingerprint density at radius 3 is 2.27 bits per heavy atom. The maximum absolute atomic E-state index is 13.1. The van der Waals surface area contributed by atoms with Gasteiger partial charge in [0.25, 0.3) is 11.5 Å². The van der Waals surface area contributed by atoms with Crippen LogP contribution in [0, 0.1) is 0 Å². The summed E-state index contributed by atoms with van der Waals surface area (Å²) in [6.45, 7) is 0. The number of hydrogen-bond donors (Lipinski definition) is 1. The third kappa shape index (κ3) is 4.02. The van der Waals surface area contributed by atoms with Crippen LogP contribution in [0.25, 0.3) is 16.6 Å². The van der Waals surface area contributed by atoms with Gasteiger partial charge in [-0.3, -0.25) is 14.2 Å². The van der Waals surface area contributed by atoms with Crippen molar-refractivity contribution in [2.75, 3.05) is 7.11 Å². The van der Waals surface area contributed by atoms with Crippen LogP contribution in [0.1, 0.15) is 28.3 Å². The van der Waals surface area contributed by atoms with Gasteiger partial charge in [0, 0.05) is 13.0 Å². The first-order valence-corrected chi connectivity index (χ1v) is 12.1. The average Bonchev–Trinajstić information content (AvgIpc) is 3.62. The molecule has 10 heteroatoms. The SMILES string of the molecule is COC(=O)C1(NC(=O)c2c(Cl)cccc2Cl)CC1c1ccc(-n2c(=O)c3ccccc3n(C)c2=O)cc1. The van der Waals surface area contributed by atoms with E-state index >= 15 is 0 Å². The number of carbonyl (C=O) groups excluding carboxylic acids is 2. The van der Waals surface area contributed by atoms with Gasteiger partial charge < -0.3 is 10.1 Å². The second-order valence-corrected chi connectivity index (χ2v) is 9.68. The molecule has 0 saturated heterocycles. The second-order valence-electron chi connectivity index (χ2n) is 8.86. The normalized spacial score (nSPS) is 18.4. The monoisotopic (exact) mass is 537 g/mol. The summed E-state index contributed by atoms with van der Waals surface area (Å²) in [6, 6.07) is 18.3. The van der Waals surface area contributed by atoms with Crippen LogP contribution in [0.3, 0.4) is 0 Å². The van der Waals surface area contributed by atoms with Crippen molar-refractivity contribution < 1.29 is 14.3 Å². The smallest absolute Gasteiger partial charge is 0.335 e. The molecule has 4 aromatic rings. The number of amides is 1. The molecule has 1 saturated carbocycles. The maximum atomic E-state index is 13.1. The van der Waals surface area contributed by atoms with Crippen LogP contribution in [0.5, 0.6) is 0 Å². The summed E-state index contributed by atoms with van der Waals surface area (Å²) in [5, 5.41) is 3.51. The number of carbonyl (C=O) groups is 2. The van der Waals surface area contributed by atoms with Crippen molar-refractivity contribution in [2.24, 2.45) is 7.05 Å². The maximum Gasteiger partial charge on any atom is 0.335 e. The Bertz CT molecular complexity index is 1670. The largest absolute Gasteiger partial charge is 0.467 e. The van der Waals surface area contributed by atoms with Gasteiger partial charge in [0.05, 0.1) is 39.3 Å². The minimum Gasteiger partial charge on any atom is -0.467 e. The van der Waals surface area contributed by atoms with Gasteiger partial charge in [-0.25, -0.2) is 14.2 Å². The van der Waals surface area contributed by atoms with E-state index in [2.05, 4.69) is 5.32 Å². The number of methoxy groups -OCH3 is 1. The van der Waals surface area contributed by atoms with Crippen LogP contribution in [-0.4, -0.2) is 33.7 Å². The van der Waals surface area contributed by atoms with E-state index in [9.17, 15) is 19.2 Å². The van der Waals surface area contributed by atoms with Crippen molar-refractivity contribution >= 4 is 46.0 Å². The van der Waals surface area contributed by atoms with E-state index in [0.717, 1.165) is 10.1 Å². The number of benzene rings is 3. The lowest BCUT2D eigenvalue weighted by molar-refractivity contribution is -0.144. The Morgan fingerprint density at radius 1 is 0.973 bits per heavy atom. The summed E-state index contributed by atoms with van der Waals surface area (Å²) in [7, 11) is 2.86. The van der Waals surface area contributed by atoms with Gasteiger partial charge in [-0.1, -0.05) is 53.5 Å². The predicted molar refractivity (Wildman–Crippen MR) is 141 cm³/mol. The molecule has 0 bridgehead atoms. The molecule has 0 aliphatic heterocycles. The number of nitrogens with zero attached hydrogens (tertiary/aromatic N) is 2. The molecule has 188 valence electrons. The zero-order valence-electron chi connectivity index (χ0n) is 19.8. The molecule has 1 aliphatic rings. The first-order valence-electron chi connectivity index (χ1n) is 11.4. The summed E-state index contributed by atoms with van der Waals surface area (Å²) in [5.41, 5.74) is -0.476. The van der Waals surface area contributed by atoms with Crippen molar-refractivity contribution in [3.8, 4) is 5.69 Å². The molecule has 1 aliphatic carbocycles. The van der Waals surface area contributed by atoms with Crippen molar-refractivity contribution in [3.63, 3.8) is 0 Å². The summed E-state index contributed by atoms with van der Waals surface area (Å²) < 4.78 is 7.52. The summed E-state index contributed by atoms with van der Waals surface area (Å²) >= 11 is 12.3. The first-order chi connectivity index (χ1) is 17.7. The Balaban J connectivity index is 1.48. The van der Waals surface area contributed by atoms with E-state index in [1.165, 1.54) is 23.8 Å². The molecule has 0 spiro atoms. The van der Waals surface area contributed by atoms with Crippen LogP contribution in [0.2, 0.25) is 10.0 Å². The highest BCUT2D eigenvalue weighted by atomic mass is 35.5. The molecule has 2 unspecified atom stereocenters. The molecule has 1 amide bonds. The van der Waals surface area contributed by atoms with Crippen LogP contribution in [-0.2, 0) is 16.6 Å². The van der Waals surface area contributed by atoms with Gasteiger partial charge >= 0.3 is 11.7 Å². The number of rotatable bonds is 5. The number of halogens is 2. The van der Waals surface area contributed by atoms with E-state index in [-0.39, 0.29) is 15.6 Å². The van der Waals surface area contributed by atoms with E-state index in [1.807, 2.05) is 0 Å². The zero-order valence-corrected chi connectivity index (χ0v) is 21.3. The van der Waals surface area contributed by atoms with E-state index < -0.39 is 34.6 Å². The Hall–Kier alpha value is -3.88. The van der Waals surface area contributed by atoms with Crippen molar-refractivity contribution in [3.05, 3.63) is 109 Å². The summed E-state index contributed by atoms with van der Waals surface area (Å²) in [5.74, 6) is -1.58. The van der Waals surface area contributed by atoms with Gasteiger partial charge in [-0.2, -0.15) is 0 Å². The third-order valence-corrected chi connectivity index (χ3v) is 7.40. The third-order valence-electron chi connectivity index (χ3n) is 6.77. The molecule has 2 atom stereocenters. The number of ether oxygens (including phenoxy) is 1. The minimum absolute atomic E-state index is 0.0710. The van der Waals surface area contributed by atoms with Gasteiger partial charge in [-0.05, 0) is 48.4 Å². The lowest BCUT2D eigenvalue weighted by Gasteiger charge is -2.18. The molecule has 8 nitrogen and oxygen atoms in total. The number of esters is 1.